The zero-order chi connectivity index (χ0) is 20.8. The summed E-state index contributed by atoms with van der Waals surface area (Å²) in [4.78, 5) is 0. The lowest BCUT2D eigenvalue weighted by Gasteiger charge is -2.30. The van der Waals surface area contributed by atoms with Crippen LogP contribution in [0.5, 0.6) is 0 Å². The molecule has 3 heterocycles. The van der Waals surface area contributed by atoms with Gasteiger partial charge in [0.1, 0.15) is 0 Å². The highest BCUT2D eigenvalue weighted by Crippen LogP contribution is 2.46. The quantitative estimate of drug-likeness (QED) is 0.581. The first kappa shape index (κ1) is 21.8. The van der Waals surface area contributed by atoms with E-state index in [0.717, 1.165) is 38.7 Å². The van der Waals surface area contributed by atoms with E-state index in [1.807, 2.05) is 6.08 Å². The first-order valence-electron chi connectivity index (χ1n) is 11.7. The highest BCUT2D eigenvalue weighted by Gasteiger charge is 2.47. The zero-order valence-electron chi connectivity index (χ0n) is 18.1. The van der Waals surface area contributed by atoms with Gasteiger partial charge in [0.2, 0.25) is 0 Å². The summed E-state index contributed by atoms with van der Waals surface area (Å²) in [7, 11) is 0. The third kappa shape index (κ3) is 5.23. The van der Waals surface area contributed by atoms with Gasteiger partial charge in [0, 0.05) is 18.4 Å². The van der Waals surface area contributed by atoms with Gasteiger partial charge in [-0.1, -0.05) is 61.6 Å². The minimum atomic E-state index is -0.112. The van der Waals surface area contributed by atoms with Gasteiger partial charge in [-0.05, 0) is 50.0 Å². The fraction of sp³-hybridized carbons (Fsp3) is 0.615. The van der Waals surface area contributed by atoms with Crippen LogP contribution in [0, 0.1) is 11.8 Å². The Morgan fingerprint density at radius 1 is 1.10 bits per heavy atom. The molecular weight excluding hydrogens is 376 g/mol. The van der Waals surface area contributed by atoms with Crippen LogP contribution in [0.2, 0.25) is 0 Å². The second kappa shape index (κ2) is 10.7. The normalized spacial score (nSPS) is 33.5. The Morgan fingerprint density at radius 2 is 1.93 bits per heavy atom. The van der Waals surface area contributed by atoms with Gasteiger partial charge in [-0.2, -0.15) is 0 Å². The maximum Gasteiger partial charge on any atom is 0.158 e. The van der Waals surface area contributed by atoms with Crippen LogP contribution in [-0.4, -0.2) is 42.9 Å². The van der Waals surface area contributed by atoms with Crippen LogP contribution in [0.4, 0.5) is 0 Å². The number of rotatable bonds is 9. The lowest BCUT2D eigenvalue weighted by molar-refractivity contribution is -0.181. The van der Waals surface area contributed by atoms with Crippen molar-refractivity contribution in [3.8, 4) is 0 Å². The number of fused-ring (bicyclic) bond motifs is 2. The first-order chi connectivity index (χ1) is 14.8. The maximum atomic E-state index is 9.08. The van der Waals surface area contributed by atoms with E-state index in [2.05, 4.69) is 55.5 Å². The third-order valence-electron chi connectivity index (χ3n) is 6.95. The standard InChI is InChI=1S/C26H36O4/c1-19(20-9-3-2-4-10-20)23(30-26-12-6-8-18-28-26)14-13-22-21(11-5-7-17-27)24-15-16-25(22)29-24/h2-5,7,9-10,13-14,19,21-27H,6,8,11-12,15-18H2,1H3/t19?,21-,22+,23?,24-,25-,26?/m0/s1. The van der Waals surface area contributed by atoms with Gasteiger partial charge in [0.15, 0.2) is 6.29 Å². The molecule has 4 nitrogen and oxygen atoms in total. The summed E-state index contributed by atoms with van der Waals surface area (Å²) in [5, 5.41) is 9.08. The maximum absolute atomic E-state index is 9.08. The lowest BCUT2D eigenvalue weighted by atomic mass is 9.77. The van der Waals surface area contributed by atoms with Crippen molar-refractivity contribution in [3.05, 3.63) is 60.2 Å². The van der Waals surface area contributed by atoms with Crippen molar-refractivity contribution in [1.82, 2.24) is 0 Å². The summed E-state index contributed by atoms with van der Waals surface area (Å²) in [6.45, 7) is 3.14. The zero-order valence-corrected chi connectivity index (χ0v) is 18.1. The highest BCUT2D eigenvalue weighted by molar-refractivity contribution is 5.22. The Balaban J connectivity index is 1.49. The number of ether oxygens (including phenoxy) is 3. The molecule has 1 aromatic rings. The highest BCUT2D eigenvalue weighted by atomic mass is 16.7. The van der Waals surface area contributed by atoms with Gasteiger partial charge in [0.05, 0.1) is 24.9 Å². The van der Waals surface area contributed by atoms with Crippen LogP contribution in [-0.2, 0) is 14.2 Å². The Labute approximate surface area is 180 Å². The van der Waals surface area contributed by atoms with Crippen molar-refractivity contribution in [2.24, 2.45) is 11.8 Å². The van der Waals surface area contributed by atoms with E-state index in [4.69, 9.17) is 19.3 Å². The minimum Gasteiger partial charge on any atom is -0.392 e. The number of aliphatic hydroxyl groups is 1. The van der Waals surface area contributed by atoms with Gasteiger partial charge >= 0.3 is 0 Å². The molecule has 2 bridgehead atoms. The van der Waals surface area contributed by atoms with E-state index in [-0.39, 0.29) is 24.9 Å². The van der Waals surface area contributed by atoms with E-state index < -0.39 is 0 Å². The smallest absolute Gasteiger partial charge is 0.158 e. The molecule has 3 saturated heterocycles. The molecule has 30 heavy (non-hydrogen) atoms. The molecule has 0 spiro atoms. The molecule has 1 N–H and O–H groups in total. The summed E-state index contributed by atoms with van der Waals surface area (Å²) in [6, 6.07) is 10.6. The first-order valence-corrected chi connectivity index (χ1v) is 11.7. The topological polar surface area (TPSA) is 47.9 Å². The van der Waals surface area contributed by atoms with Crippen LogP contribution in [0.1, 0.15) is 56.9 Å². The molecule has 0 radical (unpaired) electrons. The molecule has 3 fully saturated rings. The number of hydrogen-bond donors (Lipinski definition) is 1. The molecule has 7 atom stereocenters. The average Bonchev–Trinajstić information content (AvgIpc) is 3.40. The van der Waals surface area contributed by atoms with E-state index >= 15 is 0 Å². The predicted octanol–water partition coefficient (Wildman–Crippen LogP) is 4.99. The van der Waals surface area contributed by atoms with Crippen molar-refractivity contribution in [2.75, 3.05) is 13.2 Å². The van der Waals surface area contributed by atoms with Crippen molar-refractivity contribution in [1.29, 1.82) is 0 Å². The van der Waals surface area contributed by atoms with E-state index in [0.29, 0.717) is 24.0 Å². The van der Waals surface area contributed by atoms with Crippen LogP contribution >= 0.6 is 0 Å². The molecular formula is C26H36O4. The monoisotopic (exact) mass is 412 g/mol. The number of aliphatic hydroxyl groups excluding tert-OH is 1. The van der Waals surface area contributed by atoms with E-state index in [1.54, 1.807) is 0 Å². The van der Waals surface area contributed by atoms with Gasteiger partial charge in [0.25, 0.3) is 0 Å². The SMILES string of the molecule is CC(c1ccccc1)C(C=C[C@@H]1[C@H](CC=CCO)[C@@H]2CC[C@@H]1O2)OC1CCCCO1. The molecule has 3 unspecified atom stereocenters. The largest absolute Gasteiger partial charge is 0.392 e. The van der Waals surface area contributed by atoms with E-state index in [1.165, 1.54) is 12.0 Å². The Hall–Kier alpha value is -1.46. The summed E-state index contributed by atoms with van der Waals surface area (Å²) in [5.41, 5.74) is 1.29. The van der Waals surface area contributed by atoms with Crippen molar-refractivity contribution in [3.63, 3.8) is 0 Å². The van der Waals surface area contributed by atoms with Crippen LogP contribution in [0.3, 0.4) is 0 Å². The number of allylic oxidation sites excluding steroid dienone is 1. The van der Waals surface area contributed by atoms with Crippen molar-refractivity contribution < 1.29 is 19.3 Å². The lowest BCUT2D eigenvalue weighted by Crippen LogP contribution is -2.30. The predicted molar refractivity (Wildman–Crippen MR) is 118 cm³/mol. The van der Waals surface area contributed by atoms with Crippen LogP contribution in [0.15, 0.2) is 54.6 Å². The number of hydrogen-bond acceptors (Lipinski definition) is 4. The molecule has 3 aliphatic rings. The second-order valence-corrected chi connectivity index (χ2v) is 8.90. The van der Waals surface area contributed by atoms with Gasteiger partial charge in [-0.3, -0.25) is 0 Å². The molecule has 1 aromatic carbocycles. The average molecular weight is 413 g/mol. The third-order valence-corrected chi connectivity index (χ3v) is 6.95. The fourth-order valence-corrected chi connectivity index (χ4v) is 5.22. The van der Waals surface area contributed by atoms with Crippen LogP contribution in [0.25, 0.3) is 0 Å². The van der Waals surface area contributed by atoms with Gasteiger partial charge in [-0.15, -0.1) is 0 Å². The Morgan fingerprint density at radius 3 is 2.70 bits per heavy atom. The van der Waals surface area contributed by atoms with E-state index in [9.17, 15) is 0 Å². The molecule has 0 aliphatic carbocycles. The van der Waals surface area contributed by atoms with Crippen molar-refractivity contribution >= 4 is 0 Å². The van der Waals surface area contributed by atoms with Gasteiger partial charge in [-0.25, -0.2) is 0 Å². The summed E-state index contributed by atoms with van der Waals surface area (Å²) in [6.07, 6.45) is 15.6. The summed E-state index contributed by atoms with van der Waals surface area (Å²) >= 11 is 0. The molecule has 164 valence electrons. The molecule has 4 heteroatoms. The summed E-state index contributed by atoms with van der Waals surface area (Å²) < 4.78 is 18.6. The molecule has 0 aromatic heterocycles. The van der Waals surface area contributed by atoms with Crippen molar-refractivity contribution in [2.45, 2.75) is 76.0 Å². The Kier molecular flexibility index (Phi) is 7.78. The van der Waals surface area contributed by atoms with Crippen LogP contribution < -0.4 is 0 Å². The summed E-state index contributed by atoms with van der Waals surface area (Å²) in [5.74, 6) is 1.15. The Bertz CT molecular complexity index is 694. The second-order valence-electron chi connectivity index (χ2n) is 8.90. The van der Waals surface area contributed by atoms with Gasteiger partial charge < -0.3 is 19.3 Å². The molecule has 4 rings (SSSR count). The molecule has 0 amide bonds. The molecule has 0 saturated carbocycles. The fourth-order valence-electron chi connectivity index (χ4n) is 5.22. The number of benzene rings is 1. The molecule has 3 aliphatic heterocycles. The minimum absolute atomic E-state index is 0.0248.